The van der Waals surface area contributed by atoms with Gasteiger partial charge >= 0.3 is 6.09 Å². The number of hydrogen-bond acceptors (Lipinski definition) is 5. The van der Waals surface area contributed by atoms with Crippen molar-refractivity contribution >= 4 is 11.8 Å². The molecule has 0 saturated carbocycles. The minimum absolute atomic E-state index is 0.0433. The van der Waals surface area contributed by atoms with Gasteiger partial charge in [-0.2, -0.15) is 0 Å². The first-order chi connectivity index (χ1) is 8.81. The molecule has 0 fully saturated rings. The van der Waals surface area contributed by atoms with Gasteiger partial charge in [0, 0.05) is 12.6 Å². The number of benzene rings is 1. The zero-order valence-electron chi connectivity index (χ0n) is 11.4. The molecule has 0 aliphatic rings. The Morgan fingerprint density at radius 1 is 1.42 bits per heavy atom. The number of nitrogens with one attached hydrogen (secondary N) is 1. The Kier molecular flexibility index (Phi) is 5.00. The van der Waals surface area contributed by atoms with Crippen molar-refractivity contribution in [1.29, 1.82) is 0 Å². The summed E-state index contributed by atoms with van der Waals surface area (Å²) in [6.45, 7) is 5.94. The molecule has 0 unspecified atom stereocenters. The lowest BCUT2D eigenvalue weighted by molar-refractivity contribution is 0.0635. The lowest BCUT2D eigenvalue weighted by atomic mass is 10.2. The monoisotopic (exact) mass is 268 g/mol. The number of carbonyl (C=O) groups excluding carboxylic acids is 1. The van der Waals surface area contributed by atoms with Crippen LogP contribution >= 0.6 is 0 Å². The first-order valence-electron chi connectivity index (χ1n) is 5.98. The van der Waals surface area contributed by atoms with Gasteiger partial charge in [0.15, 0.2) is 0 Å². The minimum atomic E-state index is -0.587. The topological polar surface area (TPSA) is 93.8 Å². The Labute approximate surface area is 112 Å². The van der Waals surface area contributed by atoms with Crippen LogP contribution in [0.1, 0.15) is 20.8 Å². The van der Waals surface area contributed by atoms with Gasteiger partial charge in [-0.05, 0) is 32.9 Å². The number of phenols is 1. The van der Waals surface area contributed by atoms with Gasteiger partial charge in [0.05, 0.1) is 5.69 Å². The van der Waals surface area contributed by atoms with Crippen LogP contribution in [0.15, 0.2) is 18.2 Å². The molecule has 1 aromatic carbocycles. The standard InChI is InChI=1S/C13H20N2O4/c1-13(2,3)19-12(17)15-10-5-4-9(16)8-11(10)18-7-6-14/h4-5,8,16H,6-7,14H2,1-3H3,(H,15,17). The highest BCUT2D eigenvalue weighted by Gasteiger charge is 2.17. The fraction of sp³-hybridized carbons (Fsp3) is 0.462. The van der Waals surface area contributed by atoms with Crippen LogP contribution in [0.3, 0.4) is 0 Å². The van der Waals surface area contributed by atoms with Gasteiger partial charge in [0.1, 0.15) is 23.7 Å². The molecule has 0 saturated heterocycles. The van der Waals surface area contributed by atoms with E-state index in [2.05, 4.69) is 5.32 Å². The summed E-state index contributed by atoms with van der Waals surface area (Å²) >= 11 is 0. The number of amides is 1. The Hall–Kier alpha value is -1.95. The summed E-state index contributed by atoms with van der Waals surface area (Å²) in [5, 5.41) is 12.0. The third-order valence-corrected chi connectivity index (χ3v) is 1.98. The molecule has 1 aromatic rings. The molecule has 0 aliphatic carbocycles. The summed E-state index contributed by atoms with van der Waals surface area (Å²) < 4.78 is 10.5. The zero-order valence-corrected chi connectivity index (χ0v) is 11.4. The van der Waals surface area contributed by atoms with E-state index >= 15 is 0 Å². The molecule has 0 spiro atoms. The SMILES string of the molecule is CC(C)(C)OC(=O)Nc1ccc(O)cc1OCCN. The van der Waals surface area contributed by atoms with Crippen LogP contribution < -0.4 is 15.8 Å². The van der Waals surface area contributed by atoms with Crippen molar-refractivity contribution in [3.63, 3.8) is 0 Å². The molecular formula is C13H20N2O4. The van der Waals surface area contributed by atoms with Crippen LogP contribution in [-0.2, 0) is 4.74 Å². The van der Waals surface area contributed by atoms with Gasteiger partial charge in [0.2, 0.25) is 0 Å². The summed E-state index contributed by atoms with van der Waals surface area (Å²) in [5.41, 5.74) is 5.18. The highest BCUT2D eigenvalue weighted by molar-refractivity contribution is 5.87. The van der Waals surface area contributed by atoms with Crippen LogP contribution in [0, 0.1) is 0 Å². The van der Waals surface area contributed by atoms with E-state index in [0.717, 1.165) is 0 Å². The van der Waals surface area contributed by atoms with E-state index in [0.29, 0.717) is 18.0 Å². The first-order valence-corrected chi connectivity index (χ1v) is 5.98. The molecule has 0 aromatic heterocycles. The Balaban J connectivity index is 2.79. The number of hydrogen-bond donors (Lipinski definition) is 3. The summed E-state index contributed by atoms with van der Waals surface area (Å²) in [7, 11) is 0. The first kappa shape index (κ1) is 15.1. The van der Waals surface area contributed by atoms with E-state index in [4.69, 9.17) is 15.2 Å². The number of anilines is 1. The fourth-order valence-corrected chi connectivity index (χ4v) is 1.32. The maximum atomic E-state index is 11.7. The molecule has 106 valence electrons. The van der Waals surface area contributed by atoms with Gasteiger partial charge in [0.25, 0.3) is 0 Å². The van der Waals surface area contributed by atoms with Crippen LogP contribution in [0.25, 0.3) is 0 Å². The number of carbonyl (C=O) groups is 1. The van der Waals surface area contributed by atoms with Crippen LogP contribution in [0.2, 0.25) is 0 Å². The smallest absolute Gasteiger partial charge is 0.412 e. The Bertz CT molecular complexity index is 441. The minimum Gasteiger partial charge on any atom is -0.508 e. The van der Waals surface area contributed by atoms with Gasteiger partial charge in [-0.15, -0.1) is 0 Å². The molecule has 0 bridgehead atoms. The average Bonchev–Trinajstić information content (AvgIpc) is 2.27. The zero-order chi connectivity index (χ0) is 14.5. The molecule has 0 atom stereocenters. The third kappa shape index (κ3) is 5.48. The highest BCUT2D eigenvalue weighted by atomic mass is 16.6. The van der Waals surface area contributed by atoms with Crippen molar-refractivity contribution in [1.82, 2.24) is 0 Å². The number of nitrogens with two attached hydrogens (primary N) is 1. The van der Waals surface area contributed by atoms with E-state index in [9.17, 15) is 9.90 Å². The average molecular weight is 268 g/mol. The van der Waals surface area contributed by atoms with Crippen molar-refractivity contribution in [3.8, 4) is 11.5 Å². The maximum absolute atomic E-state index is 11.7. The lowest BCUT2D eigenvalue weighted by Gasteiger charge is -2.20. The number of ether oxygens (including phenoxy) is 2. The van der Waals surface area contributed by atoms with Crippen LogP contribution in [0.4, 0.5) is 10.5 Å². The van der Waals surface area contributed by atoms with E-state index in [1.807, 2.05) is 0 Å². The normalized spacial score (nSPS) is 10.9. The predicted molar refractivity (Wildman–Crippen MR) is 72.5 cm³/mol. The lowest BCUT2D eigenvalue weighted by Crippen LogP contribution is -2.27. The molecular weight excluding hydrogens is 248 g/mol. The number of phenolic OH excluding ortho intramolecular Hbond substituents is 1. The van der Waals surface area contributed by atoms with Gasteiger partial charge in [-0.25, -0.2) is 4.79 Å². The molecule has 1 rings (SSSR count). The predicted octanol–water partition coefficient (Wildman–Crippen LogP) is 2.08. The van der Waals surface area contributed by atoms with Crippen LogP contribution in [0.5, 0.6) is 11.5 Å². The molecule has 19 heavy (non-hydrogen) atoms. The Morgan fingerprint density at radius 3 is 2.68 bits per heavy atom. The van der Waals surface area contributed by atoms with E-state index in [-0.39, 0.29) is 12.4 Å². The molecule has 6 nitrogen and oxygen atoms in total. The van der Waals surface area contributed by atoms with Crippen molar-refractivity contribution < 1.29 is 19.4 Å². The summed E-state index contributed by atoms with van der Waals surface area (Å²) in [5.74, 6) is 0.387. The van der Waals surface area contributed by atoms with Gasteiger partial charge in [-0.1, -0.05) is 0 Å². The van der Waals surface area contributed by atoms with Crippen molar-refractivity contribution in [2.75, 3.05) is 18.5 Å². The van der Waals surface area contributed by atoms with Gasteiger partial charge < -0.3 is 20.3 Å². The molecule has 0 aliphatic heterocycles. The second-order valence-corrected chi connectivity index (χ2v) is 4.94. The van der Waals surface area contributed by atoms with Crippen LogP contribution in [-0.4, -0.2) is 30.0 Å². The summed E-state index contributed by atoms with van der Waals surface area (Å²) in [6.07, 6.45) is -0.587. The number of aromatic hydroxyl groups is 1. The quantitative estimate of drug-likeness (QED) is 0.727. The van der Waals surface area contributed by atoms with Crippen molar-refractivity contribution in [2.45, 2.75) is 26.4 Å². The third-order valence-electron chi connectivity index (χ3n) is 1.98. The molecule has 1 amide bonds. The van der Waals surface area contributed by atoms with E-state index in [1.54, 1.807) is 20.8 Å². The second-order valence-electron chi connectivity index (χ2n) is 4.94. The van der Waals surface area contributed by atoms with Crippen molar-refractivity contribution in [2.24, 2.45) is 5.73 Å². The summed E-state index contributed by atoms with van der Waals surface area (Å²) in [6, 6.07) is 4.38. The fourth-order valence-electron chi connectivity index (χ4n) is 1.32. The van der Waals surface area contributed by atoms with E-state index < -0.39 is 11.7 Å². The molecule has 4 N–H and O–H groups in total. The largest absolute Gasteiger partial charge is 0.508 e. The highest BCUT2D eigenvalue weighted by Crippen LogP contribution is 2.29. The van der Waals surface area contributed by atoms with Gasteiger partial charge in [-0.3, -0.25) is 5.32 Å². The molecule has 0 heterocycles. The molecule has 0 radical (unpaired) electrons. The number of rotatable bonds is 4. The maximum Gasteiger partial charge on any atom is 0.412 e. The van der Waals surface area contributed by atoms with E-state index in [1.165, 1.54) is 18.2 Å². The summed E-state index contributed by atoms with van der Waals surface area (Å²) in [4.78, 5) is 11.7. The Morgan fingerprint density at radius 2 is 2.11 bits per heavy atom. The van der Waals surface area contributed by atoms with Crippen molar-refractivity contribution in [3.05, 3.63) is 18.2 Å². The molecule has 6 heteroatoms. The second kappa shape index (κ2) is 6.29.